The van der Waals surface area contributed by atoms with Gasteiger partial charge < -0.3 is 5.11 Å². The second-order valence-electron chi connectivity index (χ2n) is 3.62. The summed E-state index contributed by atoms with van der Waals surface area (Å²) in [5.74, 6) is 0.292. The second kappa shape index (κ2) is 4.70. The highest BCUT2D eigenvalue weighted by atomic mass is 35.5. The smallest absolute Gasteiger partial charge is 0.115 e. The maximum Gasteiger partial charge on any atom is 0.115 e. The number of alkyl halides is 1. The van der Waals surface area contributed by atoms with Crippen molar-refractivity contribution in [1.29, 1.82) is 0 Å². The lowest BCUT2D eigenvalue weighted by atomic mass is 9.91. The molecule has 0 bridgehead atoms. The summed E-state index contributed by atoms with van der Waals surface area (Å²) in [6, 6.07) is 7.19. The van der Waals surface area contributed by atoms with E-state index in [4.69, 9.17) is 11.6 Å². The summed E-state index contributed by atoms with van der Waals surface area (Å²) in [4.78, 5) is -0.261. The molecule has 1 nitrogen and oxygen atoms in total. The van der Waals surface area contributed by atoms with Crippen LogP contribution in [-0.4, -0.2) is 5.11 Å². The molecule has 0 aromatic heterocycles. The van der Waals surface area contributed by atoms with Gasteiger partial charge in [-0.2, -0.15) is 0 Å². The van der Waals surface area contributed by atoms with Crippen molar-refractivity contribution in [3.63, 3.8) is 0 Å². The van der Waals surface area contributed by atoms with Crippen LogP contribution >= 0.6 is 11.6 Å². The molecule has 0 saturated heterocycles. The average molecular weight is 213 g/mol. The van der Waals surface area contributed by atoms with Crippen molar-refractivity contribution < 1.29 is 5.11 Å². The Hall–Kier alpha value is -0.690. The van der Waals surface area contributed by atoms with Gasteiger partial charge in [-0.15, -0.1) is 11.6 Å². The zero-order chi connectivity index (χ0) is 10.6. The Morgan fingerprint density at radius 2 is 1.79 bits per heavy atom. The Morgan fingerprint density at radius 1 is 1.21 bits per heavy atom. The van der Waals surface area contributed by atoms with Crippen LogP contribution in [0.25, 0.3) is 0 Å². The maximum absolute atomic E-state index is 9.18. The molecule has 1 unspecified atom stereocenters. The molecule has 0 saturated carbocycles. The molecule has 1 aromatic carbocycles. The Balaban J connectivity index is 2.94. The van der Waals surface area contributed by atoms with Gasteiger partial charge >= 0.3 is 0 Å². The van der Waals surface area contributed by atoms with E-state index in [0.29, 0.717) is 5.75 Å². The van der Waals surface area contributed by atoms with Gasteiger partial charge in [0.15, 0.2) is 0 Å². The fraction of sp³-hybridized carbons (Fsp3) is 0.500. The SMILES string of the molecule is CCCC(Cl)(CC)c1ccc(O)cc1. The molecule has 2 heteroatoms. The summed E-state index contributed by atoms with van der Waals surface area (Å²) in [7, 11) is 0. The number of aromatic hydroxyl groups is 1. The largest absolute Gasteiger partial charge is 0.508 e. The summed E-state index contributed by atoms with van der Waals surface area (Å²) in [5.41, 5.74) is 1.10. The topological polar surface area (TPSA) is 20.2 Å². The quantitative estimate of drug-likeness (QED) is 0.747. The molecule has 0 aliphatic heterocycles. The van der Waals surface area contributed by atoms with Crippen LogP contribution in [0.3, 0.4) is 0 Å². The van der Waals surface area contributed by atoms with Crippen LogP contribution in [0.4, 0.5) is 0 Å². The molecule has 0 amide bonds. The lowest BCUT2D eigenvalue weighted by Gasteiger charge is -2.25. The molecule has 78 valence electrons. The molecule has 1 rings (SSSR count). The van der Waals surface area contributed by atoms with Crippen molar-refractivity contribution in [2.75, 3.05) is 0 Å². The maximum atomic E-state index is 9.18. The van der Waals surface area contributed by atoms with E-state index in [2.05, 4.69) is 13.8 Å². The van der Waals surface area contributed by atoms with Gasteiger partial charge in [-0.05, 0) is 30.5 Å². The summed E-state index contributed by atoms with van der Waals surface area (Å²) in [6.07, 6.45) is 2.95. The molecule has 0 heterocycles. The van der Waals surface area contributed by atoms with Crippen LogP contribution in [0.5, 0.6) is 5.75 Å². The highest BCUT2D eigenvalue weighted by Gasteiger charge is 2.25. The Bertz CT molecular complexity index is 281. The minimum atomic E-state index is -0.261. The average Bonchev–Trinajstić information content (AvgIpc) is 2.19. The summed E-state index contributed by atoms with van der Waals surface area (Å²) in [6.45, 7) is 4.22. The molecule has 0 fully saturated rings. The van der Waals surface area contributed by atoms with Gasteiger partial charge in [0.05, 0.1) is 4.87 Å². The zero-order valence-corrected chi connectivity index (χ0v) is 9.51. The minimum absolute atomic E-state index is 0.261. The van der Waals surface area contributed by atoms with Gasteiger partial charge in [0.2, 0.25) is 0 Å². The van der Waals surface area contributed by atoms with Crippen LogP contribution in [-0.2, 0) is 4.87 Å². The van der Waals surface area contributed by atoms with Crippen LogP contribution in [0.2, 0.25) is 0 Å². The molecule has 0 aliphatic rings. The first-order chi connectivity index (χ1) is 6.62. The van der Waals surface area contributed by atoms with Crippen molar-refractivity contribution in [1.82, 2.24) is 0 Å². The molecule has 1 aromatic rings. The van der Waals surface area contributed by atoms with E-state index in [-0.39, 0.29) is 4.87 Å². The number of halogens is 1. The molecule has 1 atom stereocenters. The third-order valence-corrected chi connectivity index (χ3v) is 3.27. The van der Waals surface area contributed by atoms with E-state index in [1.54, 1.807) is 12.1 Å². The second-order valence-corrected chi connectivity index (χ2v) is 4.34. The Morgan fingerprint density at radius 3 is 2.21 bits per heavy atom. The van der Waals surface area contributed by atoms with Gasteiger partial charge in [-0.1, -0.05) is 32.4 Å². The zero-order valence-electron chi connectivity index (χ0n) is 8.76. The Labute approximate surface area is 90.7 Å². The lowest BCUT2D eigenvalue weighted by Crippen LogP contribution is -2.16. The van der Waals surface area contributed by atoms with Crippen molar-refractivity contribution in [2.45, 2.75) is 38.0 Å². The first kappa shape index (κ1) is 11.4. The molecule has 0 aliphatic carbocycles. The van der Waals surface area contributed by atoms with Crippen LogP contribution in [0, 0.1) is 0 Å². The fourth-order valence-corrected chi connectivity index (χ4v) is 2.00. The number of hydrogen-bond donors (Lipinski definition) is 1. The highest BCUT2D eigenvalue weighted by molar-refractivity contribution is 6.24. The minimum Gasteiger partial charge on any atom is -0.508 e. The normalized spacial score (nSPS) is 15.1. The predicted molar refractivity (Wildman–Crippen MR) is 60.8 cm³/mol. The van der Waals surface area contributed by atoms with Gasteiger partial charge in [-0.3, -0.25) is 0 Å². The van der Waals surface area contributed by atoms with Crippen molar-refractivity contribution >= 4 is 11.6 Å². The molecule has 0 radical (unpaired) electrons. The Kier molecular flexibility index (Phi) is 3.82. The van der Waals surface area contributed by atoms with E-state index in [1.807, 2.05) is 12.1 Å². The van der Waals surface area contributed by atoms with Crippen molar-refractivity contribution in [3.05, 3.63) is 29.8 Å². The van der Waals surface area contributed by atoms with Crippen LogP contribution < -0.4 is 0 Å². The predicted octanol–water partition coefficient (Wildman–Crippen LogP) is 4.04. The van der Waals surface area contributed by atoms with Crippen LogP contribution in [0.1, 0.15) is 38.7 Å². The molecule has 0 spiro atoms. The highest BCUT2D eigenvalue weighted by Crippen LogP contribution is 2.37. The molecule has 1 N–H and O–H groups in total. The standard InChI is InChI=1S/C12H17ClO/c1-3-9-12(13,4-2)10-5-7-11(14)8-6-10/h5-8,14H,3-4,9H2,1-2H3. The summed E-state index contributed by atoms with van der Waals surface area (Å²) in [5, 5.41) is 9.18. The van der Waals surface area contributed by atoms with Crippen LogP contribution in [0.15, 0.2) is 24.3 Å². The van der Waals surface area contributed by atoms with Gasteiger partial charge in [0.25, 0.3) is 0 Å². The van der Waals surface area contributed by atoms with Crippen molar-refractivity contribution in [2.24, 2.45) is 0 Å². The third-order valence-electron chi connectivity index (χ3n) is 2.59. The van der Waals surface area contributed by atoms with E-state index in [0.717, 1.165) is 24.8 Å². The number of rotatable bonds is 4. The lowest BCUT2D eigenvalue weighted by molar-refractivity contribution is 0.473. The molecule has 14 heavy (non-hydrogen) atoms. The summed E-state index contributed by atoms with van der Waals surface area (Å²) >= 11 is 6.52. The molecular formula is C12H17ClO. The third kappa shape index (κ3) is 2.42. The number of benzene rings is 1. The van der Waals surface area contributed by atoms with Gasteiger partial charge in [-0.25, -0.2) is 0 Å². The van der Waals surface area contributed by atoms with E-state index in [9.17, 15) is 5.11 Å². The van der Waals surface area contributed by atoms with Gasteiger partial charge in [0.1, 0.15) is 5.75 Å². The van der Waals surface area contributed by atoms with E-state index >= 15 is 0 Å². The first-order valence-electron chi connectivity index (χ1n) is 5.11. The molecular weight excluding hydrogens is 196 g/mol. The monoisotopic (exact) mass is 212 g/mol. The van der Waals surface area contributed by atoms with E-state index < -0.39 is 0 Å². The first-order valence-corrected chi connectivity index (χ1v) is 5.48. The van der Waals surface area contributed by atoms with E-state index in [1.165, 1.54) is 0 Å². The number of phenols is 1. The number of hydrogen-bond acceptors (Lipinski definition) is 1. The summed E-state index contributed by atoms with van der Waals surface area (Å²) < 4.78 is 0. The fourth-order valence-electron chi connectivity index (χ4n) is 1.68. The number of phenolic OH excluding ortho intramolecular Hbond substituents is 1. The van der Waals surface area contributed by atoms with Crippen molar-refractivity contribution in [3.8, 4) is 5.75 Å². The van der Waals surface area contributed by atoms with Gasteiger partial charge in [0, 0.05) is 0 Å².